The van der Waals surface area contributed by atoms with Crippen molar-refractivity contribution >= 4 is 17.3 Å². The molecule has 2 nitrogen and oxygen atoms in total. The fraction of sp³-hybridized carbons (Fsp3) is 0.562. The highest BCUT2D eigenvalue weighted by atomic mass is 32.1. The van der Waals surface area contributed by atoms with Gasteiger partial charge in [0.15, 0.2) is 5.11 Å². The summed E-state index contributed by atoms with van der Waals surface area (Å²) in [7, 11) is 1.85. The molecular weight excluding hydrogens is 252 g/mol. The van der Waals surface area contributed by atoms with Gasteiger partial charge in [-0.15, -0.1) is 0 Å². The zero-order chi connectivity index (χ0) is 14.4. The maximum Gasteiger partial charge on any atom is 0.166 e. The first-order valence-corrected chi connectivity index (χ1v) is 7.42. The number of hydrogen-bond donors (Lipinski definition) is 2. The van der Waals surface area contributed by atoms with Gasteiger partial charge >= 0.3 is 0 Å². The van der Waals surface area contributed by atoms with E-state index in [1.807, 2.05) is 7.05 Å². The van der Waals surface area contributed by atoms with E-state index in [-0.39, 0.29) is 6.04 Å². The van der Waals surface area contributed by atoms with Crippen LogP contribution in [0.1, 0.15) is 44.9 Å². The summed E-state index contributed by atoms with van der Waals surface area (Å²) in [6.07, 6.45) is 1.13. The SMILES string of the molecule is CNC(=S)N[C@@H](c1ccc(CC(C)C)cc1)C(C)C. The molecular formula is C16H26N2S. The Balaban J connectivity index is 2.82. The molecule has 1 rings (SSSR count). The van der Waals surface area contributed by atoms with Gasteiger partial charge in [0.2, 0.25) is 0 Å². The van der Waals surface area contributed by atoms with Crippen molar-refractivity contribution in [2.45, 2.75) is 40.2 Å². The molecule has 3 heteroatoms. The van der Waals surface area contributed by atoms with Crippen LogP contribution in [0.3, 0.4) is 0 Å². The molecule has 0 aromatic heterocycles. The van der Waals surface area contributed by atoms with E-state index in [9.17, 15) is 0 Å². The molecule has 0 unspecified atom stereocenters. The smallest absolute Gasteiger partial charge is 0.166 e. The third-order valence-electron chi connectivity index (χ3n) is 3.16. The van der Waals surface area contributed by atoms with Gasteiger partial charge in [0, 0.05) is 7.05 Å². The van der Waals surface area contributed by atoms with E-state index in [1.165, 1.54) is 11.1 Å². The van der Waals surface area contributed by atoms with Crippen LogP contribution in [0.2, 0.25) is 0 Å². The Kier molecular flexibility index (Phi) is 6.29. The van der Waals surface area contributed by atoms with E-state index in [4.69, 9.17) is 12.2 Å². The van der Waals surface area contributed by atoms with Crippen LogP contribution >= 0.6 is 12.2 Å². The first-order valence-electron chi connectivity index (χ1n) is 7.01. The summed E-state index contributed by atoms with van der Waals surface area (Å²) in [4.78, 5) is 0. The maximum atomic E-state index is 5.21. The zero-order valence-corrected chi connectivity index (χ0v) is 13.5. The lowest BCUT2D eigenvalue weighted by Crippen LogP contribution is -2.37. The minimum atomic E-state index is 0.257. The molecule has 0 bridgehead atoms. The highest BCUT2D eigenvalue weighted by Crippen LogP contribution is 2.22. The summed E-state index contributed by atoms with van der Waals surface area (Å²) in [6.45, 7) is 8.91. The van der Waals surface area contributed by atoms with Crippen molar-refractivity contribution in [3.63, 3.8) is 0 Å². The second-order valence-corrected chi connectivity index (χ2v) is 6.19. The van der Waals surface area contributed by atoms with Crippen molar-refractivity contribution in [3.05, 3.63) is 35.4 Å². The van der Waals surface area contributed by atoms with E-state index >= 15 is 0 Å². The van der Waals surface area contributed by atoms with E-state index in [1.54, 1.807) is 0 Å². The normalized spacial score (nSPS) is 12.6. The third-order valence-corrected chi connectivity index (χ3v) is 3.49. The molecule has 1 aromatic rings. The minimum Gasteiger partial charge on any atom is -0.366 e. The molecule has 2 N–H and O–H groups in total. The van der Waals surface area contributed by atoms with Crippen LogP contribution < -0.4 is 10.6 Å². The quantitative estimate of drug-likeness (QED) is 0.804. The number of thiocarbonyl (C=S) groups is 1. The second-order valence-electron chi connectivity index (χ2n) is 5.78. The standard InChI is InChI=1S/C16H26N2S/c1-11(2)10-13-6-8-14(9-7-13)15(12(3)4)18-16(19)17-5/h6-9,11-12,15H,10H2,1-5H3,(H2,17,18,19)/t15-/m1/s1. The molecule has 0 saturated carbocycles. The van der Waals surface area contributed by atoms with Crippen LogP contribution in [0, 0.1) is 11.8 Å². The number of benzene rings is 1. The minimum absolute atomic E-state index is 0.257. The summed E-state index contributed by atoms with van der Waals surface area (Å²) in [6, 6.07) is 9.15. The van der Waals surface area contributed by atoms with Crippen LogP contribution in [0.15, 0.2) is 24.3 Å². The Hall–Kier alpha value is -1.09. The van der Waals surface area contributed by atoms with Gasteiger partial charge in [0.1, 0.15) is 0 Å². The highest BCUT2D eigenvalue weighted by molar-refractivity contribution is 7.80. The molecule has 0 spiro atoms. The van der Waals surface area contributed by atoms with Crippen molar-refractivity contribution in [3.8, 4) is 0 Å². The van der Waals surface area contributed by atoms with Crippen LogP contribution in [0.5, 0.6) is 0 Å². The van der Waals surface area contributed by atoms with Crippen molar-refractivity contribution in [2.75, 3.05) is 7.05 Å². The van der Waals surface area contributed by atoms with E-state index in [0.29, 0.717) is 16.9 Å². The van der Waals surface area contributed by atoms with Crippen molar-refractivity contribution in [2.24, 2.45) is 11.8 Å². The fourth-order valence-electron chi connectivity index (χ4n) is 2.18. The Bertz CT molecular complexity index is 396. The van der Waals surface area contributed by atoms with Gasteiger partial charge in [-0.05, 0) is 41.6 Å². The maximum absolute atomic E-state index is 5.21. The van der Waals surface area contributed by atoms with Crippen LogP contribution in [0.25, 0.3) is 0 Å². The first-order chi connectivity index (χ1) is 8.93. The Morgan fingerprint density at radius 1 is 1.11 bits per heavy atom. The topological polar surface area (TPSA) is 24.1 Å². The van der Waals surface area contributed by atoms with Crippen LogP contribution in [0.4, 0.5) is 0 Å². The molecule has 0 fully saturated rings. The zero-order valence-electron chi connectivity index (χ0n) is 12.7. The average Bonchev–Trinajstić information content (AvgIpc) is 2.35. The molecule has 0 saturated heterocycles. The van der Waals surface area contributed by atoms with Gasteiger partial charge < -0.3 is 10.6 Å². The predicted octanol–water partition coefficient (Wildman–Crippen LogP) is 3.68. The van der Waals surface area contributed by atoms with E-state index in [2.05, 4.69) is 62.6 Å². The monoisotopic (exact) mass is 278 g/mol. The summed E-state index contributed by atoms with van der Waals surface area (Å²) in [5, 5.41) is 7.04. The predicted molar refractivity (Wildman–Crippen MR) is 87.4 cm³/mol. The van der Waals surface area contributed by atoms with Crippen molar-refractivity contribution in [1.29, 1.82) is 0 Å². The largest absolute Gasteiger partial charge is 0.366 e. The molecule has 106 valence electrons. The summed E-state index contributed by atoms with van der Waals surface area (Å²) < 4.78 is 0. The van der Waals surface area contributed by atoms with E-state index in [0.717, 1.165) is 6.42 Å². The fourth-order valence-corrected chi connectivity index (χ4v) is 2.31. The Labute approximate surface area is 123 Å². The average molecular weight is 278 g/mol. The molecule has 0 heterocycles. The van der Waals surface area contributed by atoms with E-state index < -0.39 is 0 Å². The number of rotatable bonds is 5. The van der Waals surface area contributed by atoms with Crippen LogP contribution in [-0.4, -0.2) is 12.2 Å². The van der Waals surface area contributed by atoms with Gasteiger partial charge in [-0.25, -0.2) is 0 Å². The van der Waals surface area contributed by atoms with Crippen molar-refractivity contribution in [1.82, 2.24) is 10.6 Å². The molecule has 0 amide bonds. The van der Waals surface area contributed by atoms with Gasteiger partial charge in [0.05, 0.1) is 6.04 Å². The molecule has 0 aliphatic rings. The molecule has 0 aliphatic heterocycles. The second kappa shape index (κ2) is 7.49. The molecule has 19 heavy (non-hydrogen) atoms. The lowest BCUT2D eigenvalue weighted by Gasteiger charge is -2.24. The van der Waals surface area contributed by atoms with Gasteiger partial charge in [-0.1, -0.05) is 52.0 Å². The molecule has 0 radical (unpaired) electrons. The molecule has 0 aliphatic carbocycles. The lowest BCUT2D eigenvalue weighted by molar-refractivity contribution is 0.470. The van der Waals surface area contributed by atoms with Crippen molar-refractivity contribution < 1.29 is 0 Å². The Morgan fingerprint density at radius 3 is 2.11 bits per heavy atom. The lowest BCUT2D eigenvalue weighted by atomic mass is 9.94. The summed E-state index contributed by atoms with van der Waals surface area (Å²) in [5.41, 5.74) is 2.69. The third kappa shape index (κ3) is 5.19. The summed E-state index contributed by atoms with van der Waals surface area (Å²) >= 11 is 5.21. The van der Waals surface area contributed by atoms with Gasteiger partial charge in [-0.3, -0.25) is 0 Å². The van der Waals surface area contributed by atoms with Gasteiger partial charge in [-0.2, -0.15) is 0 Å². The van der Waals surface area contributed by atoms with Gasteiger partial charge in [0.25, 0.3) is 0 Å². The number of hydrogen-bond acceptors (Lipinski definition) is 1. The van der Waals surface area contributed by atoms with Crippen LogP contribution in [-0.2, 0) is 6.42 Å². The molecule has 1 aromatic carbocycles. The summed E-state index contributed by atoms with van der Waals surface area (Å²) in [5.74, 6) is 1.18. The molecule has 1 atom stereocenters. The highest BCUT2D eigenvalue weighted by Gasteiger charge is 2.16. The first kappa shape index (κ1) is 16.0. The number of nitrogens with one attached hydrogen (secondary N) is 2. The Morgan fingerprint density at radius 2 is 1.68 bits per heavy atom.